The lowest BCUT2D eigenvalue weighted by atomic mass is 9.99. The van der Waals surface area contributed by atoms with Crippen LogP contribution in [0.5, 0.6) is 0 Å². The van der Waals surface area contributed by atoms with Gasteiger partial charge < -0.3 is 29.9 Å². The van der Waals surface area contributed by atoms with Gasteiger partial charge >= 0.3 is 5.97 Å². The highest BCUT2D eigenvalue weighted by molar-refractivity contribution is 5.65. The van der Waals surface area contributed by atoms with E-state index >= 15 is 0 Å². The first-order valence-electron chi connectivity index (χ1n) is 4.44. The van der Waals surface area contributed by atoms with Gasteiger partial charge in [0, 0.05) is 6.92 Å². The summed E-state index contributed by atoms with van der Waals surface area (Å²) in [7, 11) is 0. The van der Waals surface area contributed by atoms with E-state index in [1.807, 2.05) is 0 Å². The number of rotatable bonds is 2. The monoisotopic (exact) mass is 222 g/mol. The molecule has 7 heteroatoms. The lowest BCUT2D eigenvalue weighted by molar-refractivity contribution is -0.287. The van der Waals surface area contributed by atoms with E-state index in [1.54, 1.807) is 0 Å². The van der Waals surface area contributed by atoms with Gasteiger partial charge in [-0.2, -0.15) is 0 Å². The van der Waals surface area contributed by atoms with E-state index in [0.717, 1.165) is 0 Å². The Morgan fingerprint density at radius 2 is 1.80 bits per heavy atom. The maximum atomic E-state index is 10.5. The summed E-state index contributed by atoms with van der Waals surface area (Å²) in [6.07, 6.45) is -7.18. The van der Waals surface area contributed by atoms with Crippen molar-refractivity contribution in [2.24, 2.45) is 0 Å². The number of ether oxygens (including phenoxy) is 2. The molecule has 15 heavy (non-hydrogen) atoms. The number of carbonyl (C=O) groups excluding carboxylic acids is 1. The minimum absolute atomic E-state index is 0.294. The van der Waals surface area contributed by atoms with Crippen molar-refractivity contribution in [2.45, 2.75) is 37.6 Å². The third-order valence-electron chi connectivity index (χ3n) is 2.14. The maximum Gasteiger partial charge on any atom is 0.302 e. The summed E-state index contributed by atoms with van der Waals surface area (Å²) in [5, 5.41) is 36.9. The van der Waals surface area contributed by atoms with Crippen LogP contribution in [0.3, 0.4) is 0 Å². The van der Waals surface area contributed by atoms with Crippen LogP contribution >= 0.6 is 0 Å². The Morgan fingerprint density at radius 1 is 1.20 bits per heavy atom. The Bertz CT molecular complexity index is 231. The highest BCUT2D eigenvalue weighted by atomic mass is 16.6. The highest BCUT2D eigenvalue weighted by Crippen LogP contribution is 2.19. The second-order valence-electron chi connectivity index (χ2n) is 3.34. The summed E-state index contributed by atoms with van der Waals surface area (Å²) in [6, 6.07) is 0. The van der Waals surface area contributed by atoms with Crippen LogP contribution in [0, 0.1) is 0 Å². The van der Waals surface area contributed by atoms with Crippen LogP contribution in [0.4, 0.5) is 0 Å². The molecule has 88 valence electrons. The molecule has 0 aromatic rings. The molecule has 0 aliphatic carbocycles. The standard InChI is InChI=1S/C8H14O7/c1-3(9)14-2-4-5(10)6(11)7(12)8(13)15-4/h4-8,10-13H,2H2,1H3/t4?,5-,6?,7?,8?/m0/s1. The van der Waals surface area contributed by atoms with Crippen LogP contribution < -0.4 is 0 Å². The topological polar surface area (TPSA) is 116 Å². The summed E-state index contributed by atoms with van der Waals surface area (Å²) in [5.41, 5.74) is 0. The first-order valence-corrected chi connectivity index (χ1v) is 4.44. The van der Waals surface area contributed by atoms with E-state index in [4.69, 9.17) is 14.9 Å². The third-order valence-corrected chi connectivity index (χ3v) is 2.14. The fraction of sp³-hybridized carbons (Fsp3) is 0.875. The quantitative estimate of drug-likeness (QED) is 0.377. The van der Waals surface area contributed by atoms with Crippen molar-refractivity contribution in [1.29, 1.82) is 0 Å². The van der Waals surface area contributed by atoms with Crippen molar-refractivity contribution >= 4 is 5.97 Å². The minimum Gasteiger partial charge on any atom is -0.463 e. The molecule has 1 fully saturated rings. The number of hydrogen-bond donors (Lipinski definition) is 4. The van der Waals surface area contributed by atoms with Crippen LogP contribution in [0.15, 0.2) is 0 Å². The molecular weight excluding hydrogens is 208 g/mol. The van der Waals surface area contributed by atoms with Gasteiger partial charge in [-0.05, 0) is 0 Å². The van der Waals surface area contributed by atoms with Crippen molar-refractivity contribution in [2.75, 3.05) is 6.61 Å². The zero-order chi connectivity index (χ0) is 11.6. The first-order chi connectivity index (χ1) is 6.93. The molecule has 1 heterocycles. The van der Waals surface area contributed by atoms with Crippen molar-refractivity contribution in [3.8, 4) is 0 Å². The van der Waals surface area contributed by atoms with E-state index in [1.165, 1.54) is 6.92 Å². The normalized spacial score (nSPS) is 41.3. The summed E-state index contributed by atoms with van der Waals surface area (Å²) < 4.78 is 9.31. The summed E-state index contributed by atoms with van der Waals surface area (Å²) in [4.78, 5) is 10.5. The molecule has 0 aromatic heterocycles. The van der Waals surface area contributed by atoms with Crippen LogP contribution in [0.25, 0.3) is 0 Å². The average Bonchev–Trinajstić information content (AvgIpc) is 2.18. The van der Waals surface area contributed by atoms with Gasteiger partial charge in [0.05, 0.1) is 0 Å². The number of hydrogen-bond acceptors (Lipinski definition) is 7. The van der Waals surface area contributed by atoms with Gasteiger partial charge in [0.2, 0.25) is 0 Å². The van der Waals surface area contributed by atoms with E-state index < -0.39 is 36.7 Å². The molecule has 0 radical (unpaired) electrons. The fourth-order valence-corrected chi connectivity index (χ4v) is 1.27. The van der Waals surface area contributed by atoms with Crippen molar-refractivity contribution in [3.05, 3.63) is 0 Å². The van der Waals surface area contributed by atoms with Gasteiger partial charge in [0.25, 0.3) is 0 Å². The Labute approximate surface area is 85.9 Å². The van der Waals surface area contributed by atoms with Gasteiger partial charge in [0.1, 0.15) is 31.0 Å². The largest absolute Gasteiger partial charge is 0.463 e. The highest BCUT2D eigenvalue weighted by Gasteiger charge is 2.43. The van der Waals surface area contributed by atoms with E-state index in [0.29, 0.717) is 0 Å². The third kappa shape index (κ3) is 2.86. The Morgan fingerprint density at radius 3 is 2.33 bits per heavy atom. The molecular formula is C8H14O7. The van der Waals surface area contributed by atoms with Crippen molar-refractivity contribution in [3.63, 3.8) is 0 Å². The molecule has 1 saturated heterocycles. The Hall–Kier alpha value is -0.730. The second-order valence-corrected chi connectivity index (χ2v) is 3.34. The van der Waals surface area contributed by atoms with Gasteiger partial charge in [-0.25, -0.2) is 0 Å². The first kappa shape index (κ1) is 12.3. The molecule has 1 aliphatic heterocycles. The van der Waals surface area contributed by atoms with Crippen LogP contribution in [0.1, 0.15) is 6.92 Å². The molecule has 0 aromatic carbocycles. The number of aliphatic hydroxyl groups is 4. The summed E-state index contributed by atoms with van der Waals surface area (Å²) >= 11 is 0. The Kier molecular flexibility index (Phi) is 4.00. The lowest BCUT2D eigenvalue weighted by Crippen LogP contribution is -2.58. The van der Waals surface area contributed by atoms with Crippen LogP contribution in [-0.2, 0) is 14.3 Å². The molecule has 7 nitrogen and oxygen atoms in total. The zero-order valence-corrected chi connectivity index (χ0v) is 8.11. The van der Waals surface area contributed by atoms with Crippen LogP contribution in [0.2, 0.25) is 0 Å². The Balaban J connectivity index is 2.54. The molecule has 4 N–H and O–H groups in total. The summed E-state index contributed by atoms with van der Waals surface area (Å²) in [6.45, 7) is 0.883. The average molecular weight is 222 g/mol. The van der Waals surface area contributed by atoms with Gasteiger partial charge in [0.15, 0.2) is 6.29 Å². The molecule has 1 rings (SSSR count). The predicted molar refractivity (Wildman–Crippen MR) is 45.5 cm³/mol. The number of carbonyl (C=O) groups is 1. The molecule has 5 atom stereocenters. The van der Waals surface area contributed by atoms with E-state index in [-0.39, 0.29) is 6.61 Å². The molecule has 0 bridgehead atoms. The van der Waals surface area contributed by atoms with Crippen molar-refractivity contribution < 1.29 is 34.7 Å². The lowest BCUT2D eigenvalue weighted by Gasteiger charge is -2.37. The second kappa shape index (κ2) is 4.86. The summed E-state index contributed by atoms with van der Waals surface area (Å²) in [5.74, 6) is -0.569. The van der Waals surface area contributed by atoms with Crippen LogP contribution in [-0.4, -0.2) is 63.7 Å². The zero-order valence-electron chi connectivity index (χ0n) is 8.11. The van der Waals surface area contributed by atoms with Gasteiger partial charge in [-0.15, -0.1) is 0 Å². The number of aliphatic hydroxyl groups excluding tert-OH is 4. The van der Waals surface area contributed by atoms with E-state index in [2.05, 4.69) is 4.74 Å². The number of esters is 1. The smallest absolute Gasteiger partial charge is 0.302 e. The molecule has 0 spiro atoms. The molecule has 0 amide bonds. The van der Waals surface area contributed by atoms with Gasteiger partial charge in [-0.3, -0.25) is 4.79 Å². The predicted octanol–water partition coefficient (Wildman–Crippen LogP) is -2.65. The molecule has 1 aliphatic rings. The fourth-order valence-electron chi connectivity index (χ4n) is 1.27. The minimum atomic E-state index is -1.61. The van der Waals surface area contributed by atoms with Crippen molar-refractivity contribution in [1.82, 2.24) is 0 Å². The SMILES string of the molecule is CC(=O)OCC1OC(O)C(O)C(O)[C@H]1O. The van der Waals surface area contributed by atoms with E-state index in [9.17, 15) is 15.0 Å². The van der Waals surface area contributed by atoms with Gasteiger partial charge in [-0.1, -0.05) is 0 Å². The molecule has 4 unspecified atom stereocenters. The molecule has 0 saturated carbocycles. The maximum absolute atomic E-state index is 10.5.